The van der Waals surface area contributed by atoms with Crippen LogP contribution in [0.5, 0.6) is 0 Å². The van der Waals surface area contributed by atoms with Crippen LogP contribution in [-0.4, -0.2) is 4.57 Å². The topological polar surface area (TPSA) is 54.7 Å². The number of rotatable bonds is 1. The summed E-state index contributed by atoms with van der Waals surface area (Å²) in [5.41, 5.74) is 10.4. The normalized spacial score (nSPS) is 18.1. The smallest absolute Gasteiger partial charge is 0.122 e. The lowest BCUT2D eigenvalue weighted by atomic mass is 9.93. The van der Waals surface area contributed by atoms with Gasteiger partial charge in [0.15, 0.2) is 0 Å². The molecule has 1 atom stereocenters. The summed E-state index contributed by atoms with van der Waals surface area (Å²) < 4.78 is 2.17. The Morgan fingerprint density at radius 2 is 2.26 bits per heavy atom. The molecule has 98 valence electrons. The molecule has 2 N–H and O–H groups in total. The molecule has 2 aromatic heterocycles. The second-order valence-corrected chi connectivity index (χ2v) is 6.16. The van der Waals surface area contributed by atoms with E-state index < -0.39 is 0 Å². The molecular weight excluding hydrogens is 254 g/mol. The number of anilines is 1. The maximum absolute atomic E-state index is 9.25. The summed E-state index contributed by atoms with van der Waals surface area (Å²) in [6.45, 7) is 4.05. The van der Waals surface area contributed by atoms with Crippen molar-refractivity contribution in [3.63, 3.8) is 0 Å². The van der Waals surface area contributed by atoms with Crippen LogP contribution in [-0.2, 0) is 6.42 Å². The third-order valence-electron chi connectivity index (χ3n) is 4.24. The molecule has 0 radical (unpaired) electrons. The largest absolute Gasteiger partial charge is 0.384 e. The average Bonchev–Trinajstić information content (AvgIpc) is 2.95. The summed E-state index contributed by atoms with van der Waals surface area (Å²) in [5, 5.41) is 11.4. The van der Waals surface area contributed by atoms with E-state index in [2.05, 4.69) is 29.0 Å². The van der Waals surface area contributed by atoms with Gasteiger partial charge < -0.3 is 10.3 Å². The molecule has 19 heavy (non-hydrogen) atoms. The molecule has 2 heterocycles. The number of aromatic nitrogens is 1. The minimum atomic E-state index is 0.302. The Balaban J connectivity index is 2.18. The van der Waals surface area contributed by atoms with Gasteiger partial charge in [-0.3, -0.25) is 0 Å². The predicted molar refractivity (Wildman–Crippen MR) is 78.4 cm³/mol. The minimum Gasteiger partial charge on any atom is -0.384 e. The summed E-state index contributed by atoms with van der Waals surface area (Å²) >= 11 is 1.83. The first-order valence-electron chi connectivity index (χ1n) is 6.58. The zero-order chi connectivity index (χ0) is 13.6. The maximum Gasteiger partial charge on any atom is 0.122 e. The summed E-state index contributed by atoms with van der Waals surface area (Å²) in [4.78, 5) is 1.47. The highest BCUT2D eigenvalue weighted by molar-refractivity contribution is 7.10. The number of nitrogen functional groups attached to an aromatic ring is 1. The van der Waals surface area contributed by atoms with E-state index in [1.54, 1.807) is 0 Å². The van der Waals surface area contributed by atoms with E-state index in [9.17, 15) is 5.26 Å². The third kappa shape index (κ3) is 1.69. The van der Waals surface area contributed by atoms with Crippen molar-refractivity contribution in [3.05, 3.63) is 38.7 Å². The fourth-order valence-corrected chi connectivity index (χ4v) is 4.11. The quantitative estimate of drug-likeness (QED) is 0.862. The van der Waals surface area contributed by atoms with E-state index in [0.717, 1.165) is 17.7 Å². The van der Waals surface area contributed by atoms with Crippen LogP contribution in [0.2, 0.25) is 0 Å². The van der Waals surface area contributed by atoms with E-state index in [-0.39, 0.29) is 0 Å². The van der Waals surface area contributed by atoms with Gasteiger partial charge in [0.05, 0.1) is 11.6 Å². The molecule has 0 spiro atoms. The van der Waals surface area contributed by atoms with Gasteiger partial charge in [0.1, 0.15) is 11.9 Å². The number of nitriles is 1. The second kappa shape index (κ2) is 4.43. The molecular formula is C15H17N3S. The van der Waals surface area contributed by atoms with Crippen molar-refractivity contribution >= 4 is 17.2 Å². The predicted octanol–water partition coefficient (Wildman–Crippen LogP) is 3.55. The van der Waals surface area contributed by atoms with Crippen LogP contribution in [0.4, 0.5) is 5.82 Å². The van der Waals surface area contributed by atoms with Crippen molar-refractivity contribution in [2.24, 2.45) is 0 Å². The molecule has 4 heteroatoms. The van der Waals surface area contributed by atoms with Gasteiger partial charge in [-0.25, -0.2) is 0 Å². The molecule has 1 aliphatic carbocycles. The van der Waals surface area contributed by atoms with Crippen molar-refractivity contribution < 1.29 is 0 Å². The van der Waals surface area contributed by atoms with Crippen LogP contribution in [0.3, 0.4) is 0 Å². The van der Waals surface area contributed by atoms with Gasteiger partial charge in [-0.1, -0.05) is 0 Å². The summed E-state index contributed by atoms with van der Waals surface area (Å²) in [7, 11) is 0. The zero-order valence-electron chi connectivity index (χ0n) is 11.2. The summed E-state index contributed by atoms with van der Waals surface area (Å²) in [5.74, 6) is 0.626. The molecule has 0 aliphatic heterocycles. The standard InChI is InChI=1S/C15H17N3S/c1-9-10(2)18(15(17)12(9)8-16)13-4-3-5-14-11(13)6-7-19-14/h6-7,13H,3-5,17H2,1-2H3. The monoisotopic (exact) mass is 271 g/mol. The zero-order valence-corrected chi connectivity index (χ0v) is 12.0. The number of hydrogen-bond acceptors (Lipinski definition) is 3. The van der Waals surface area contributed by atoms with Gasteiger partial charge in [-0.15, -0.1) is 11.3 Å². The van der Waals surface area contributed by atoms with E-state index in [1.807, 2.05) is 18.3 Å². The Labute approximate surface area is 117 Å². The van der Waals surface area contributed by atoms with E-state index >= 15 is 0 Å². The number of nitrogens with two attached hydrogens (primary N) is 1. The van der Waals surface area contributed by atoms with Crippen LogP contribution in [0, 0.1) is 25.2 Å². The lowest BCUT2D eigenvalue weighted by Crippen LogP contribution is -2.18. The molecule has 3 nitrogen and oxygen atoms in total. The maximum atomic E-state index is 9.25. The van der Waals surface area contributed by atoms with Crippen molar-refractivity contribution in [1.82, 2.24) is 4.57 Å². The summed E-state index contributed by atoms with van der Waals surface area (Å²) in [6, 6.07) is 4.75. The number of thiophene rings is 1. The molecule has 0 saturated heterocycles. The molecule has 3 rings (SSSR count). The second-order valence-electron chi connectivity index (χ2n) is 5.16. The first-order chi connectivity index (χ1) is 9.15. The number of nitrogens with zero attached hydrogens (tertiary/aromatic N) is 2. The molecule has 0 fully saturated rings. The Morgan fingerprint density at radius 3 is 2.95 bits per heavy atom. The Hall–Kier alpha value is -1.73. The van der Waals surface area contributed by atoms with Crippen molar-refractivity contribution in [1.29, 1.82) is 5.26 Å². The Kier molecular flexibility index (Phi) is 2.87. The van der Waals surface area contributed by atoms with Gasteiger partial charge in [-0.05, 0) is 55.7 Å². The van der Waals surface area contributed by atoms with Gasteiger partial charge >= 0.3 is 0 Å². The van der Waals surface area contributed by atoms with Crippen molar-refractivity contribution in [2.45, 2.75) is 39.2 Å². The molecule has 1 aliphatic rings. The highest BCUT2D eigenvalue weighted by atomic mass is 32.1. The van der Waals surface area contributed by atoms with Gasteiger partial charge in [0, 0.05) is 10.6 Å². The average molecular weight is 271 g/mol. The Morgan fingerprint density at radius 1 is 1.47 bits per heavy atom. The molecule has 1 unspecified atom stereocenters. The lowest BCUT2D eigenvalue weighted by Gasteiger charge is -2.26. The molecule has 0 aromatic carbocycles. The van der Waals surface area contributed by atoms with E-state index in [4.69, 9.17) is 5.73 Å². The third-order valence-corrected chi connectivity index (χ3v) is 5.23. The van der Waals surface area contributed by atoms with Crippen LogP contribution in [0.1, 0.15) is 46.1 Å². The number of aryl methyl sites for hydroxylation is 1. The van der Waals surface area contributed by atoms with E-state index in [0.29, 0.717) is 17.4 Å². The highest BCUT2D eigenvalue weighted by Gasteiger charge is 2.27. The van der Waals surface area contributed by atoms with Crippen LogP contribution in [0.25, 0.3) is 0 Å². The molecule has 0 amide bonds. The van der Waals surface area contributed by atoms with Gasteiger partial charge in [0.25, 0.3) is 0 Å². The fraction of sp³-hybridized carbons (Fsp3) is 0.400. The number of fused-ring (bicyclic) bond motifs is 1. The first-order valence-corrected chi connectivity index (χ1v) is 7.46. The van der Waals surface area contributed by atoms with Crippen molar-refractivity contribution in [2.75, 3.05) is 5.73 Å². The Bertz CT molecular complexity index is 672. The lowest BCUT2D eigenvalue weighted by molar-refractivity contribution is 0.493. The van der Waals surface area contributed by atoms with Gasteiger partial charge in [0.2, 0.25) is 0 Å². The van der Waals surface area contributed by atoms with Gasteiger partial charge in [-0.2, -0.15) is 5.26 Å². The molecule has 0 saturated carbocycles. The molecule has 0 bridgehead atoms. The van der Waals surface area contributed by atoms with Crippen LogP contribution < -0.4 is 5.73 Å². The van der Waals surface area contributed by atoms with Crippen molar-refractivity contribution in [3.8, 4) is 6.07 Å². The minimum absolute atomic E-state index is 0.302. The highest BCUT2D eigenvalue weighted by Crippen LogP contribution is 2.39. The molecule has 2 aromatic rings. The van der Waals surface area contributed by atoms with E-state index in [1.165, 1.54) is 23.3 Å². The first kappa shape index (κ1) is 12.3. The summed E-state index contributed by atoms with van der Waals surface area (Å²) in [6.07, 6.45) is 3.47. The SMILES string of the molecule is Cc1c(C#N)c(N)n(C2CCCc3sccc32)c1C. The number of hydrogen-bond donors (Lipinski definition) is 1. The van der Waals surface area contributed by atoms with Crippen LogP contribution >= 0.6 is 11.3 Å². The fourth-order valence-electron chi connectivity index (χ4n) is 3.13. The van der Waals surface area contributed by atoms with Crippen LogP contribution in [0.15, 0.2) is 11.4 Å².